The molecular formula is C18H17N5. The standard InChI is InChI=1S/C18H17N5/c1-13-6-7-17(20-13)21-18-15-4-2-3-5-16(15)22-23(18)12-14-8-10-19-11-9-14/h2-5,7-11,20-21H,1,6,12H2. The molecule has 0 atom stereocenters. The van der Waals surface area contributed by atoms with Gasteiger partial charge in [0.25, 0.3) is 0 Å². The summed E-state index contributed by atoms with van der Waals surface area (Å²) in [6.45, 7) is 4.64. The maximum Gasteiger partial charge on any atom is 0.138 e. The molecule has 114 valence electrons. The number of rotatable bonds is 4. The van der Waals surface area contributed by atoms with E-state index in [1.165, 1.54) is 0 Å². The molecule has 1 aromatic carbocycles. The van der Waals surface area contributed by atoms with E-state index < -0.39 is 0 Å². The van der Waals surface area contributed by atoms with Crippen molar-refractivity contribution in [2.45, 2.75) is 13.0 Å². The third kappa shape index (κ3) is 2.68. The van der Waals surface area contributed by atoms with Crippen molar-refractivity contribution in [3.63, 3.8) is 0 Å². The molecule has 23 heavy (non-hydrogen) atoms. The number of nitrogens with one attached hydrogen (secondary N) is 2. The number of nitrogens with zero attached hydrogens (tertiary/aromatic N) is 3. The summed E-state index contributed by atoms with van der Waals surface area (Å²) in [5.74, 6) is 1.93. The van der Waals surface area contributed by atoms with Crippen LogP contribution in [0.3, 0.4) is 0 Å². The van der Waals surface area contributed by atoms with Crippen LogP contribution in [-0.2, 0) is 6.54 Å². The molecule has 0 saturated carbocycles. The number of hydrogen-bond donors (Lipinski definition) is 2. The number of benzene rings is 1. The zero-order chi connectivity index (χ0) is 15.6. The maximum absolute atomic E-state index is 4.73. The number of aromatic nitrogens is 3. The average molecular weight is 303 g/mol. The summed E-state index contributed by atoms with van der Waals surface area (Å²) in [4.78, 5) is 4.07. The number of allylic oxidation sites excluding steroid dienone is 1. The number of anilines is 1. The van der Waals surface area contributed by atoms with E-state index >= 15 is 0 Å². The molecule has 1 aliphatic heterocycles. The summed E-state index contributed by atoms with van der Waals surface area (Å²) in [6, 6.07) is 12.2. The van der Waals surface area contributed by atoms with Gasteiger partial charge in [-0.25, -0.2) is 4.68 Å². The lowest BCUT2D eigenvalue weighted by Crippen LogP contribution is -2.16. The first-order valence-electron chi connectivity index (χ1n) is 7.56. The van der Waals surface area contributed by atoms with Crippen molar-refractivity contribution in [3.8, 4) is 0 Å². The van der Waals surface area contributed by atoms with Gasteiger partial charge in [0.2, 0.25) is 0 Å². The monoisotopic (exact) mass is 303 g/mol. The summed E-state index contributed by atoms with van der Waals surface area (Å²) in [5.41, 5.74) is 3.13. The van der Waals surface area contributed by atoms with Crippen molar-refractivity contribution in [2.24, 2.45) is 0 Å². The fourth-order valence-corrected chi connectivity index (χ4v) is 2.72. The normalized spacial score (nSPS) is 13.9. The average Bonchev–Trinajstić information content (AvgIpc) is 3.13. The lowest BCUT2D eigenvalue weighted by Gasteiger charge is -2.12. The van der Waals surface area contributed by atoms with Gasteiger partial charge in [0, 0.05) is 29.9 Å². The van der Waals surface area contributed by atoms with Crippen LogP contribution < -0.4 is 10.6 Å². The molecule has 0 unspecified atom stereocenters. The van der Waals surface area contributed by atoms with E-state index in [9.17, 15) is 0 Å². The Morgan fingerprint density at radius 3 is 2.78 bits per heavy atom. The molecule has 0 amide bonds. The lowest BCUT2D eigenvalue weighted by molar-refractivity contribution is 0.701. The highest BCUT2D eigenvalue weighted by molar-refractivity contribution is 5.90. The topological polar surface area (TPSA) is 54.8 Å². The molecule has 0 saturated heterocycles. The lowest BCUT2D eigenvalue weighted by atomic mass is 10.2. The molecule has 4 rings (SSSR count). The van der Waals surface area contributed by atoms with Gasteiger partial charge in [-0.3, -0.25) is 4.98 Å². The number of fused-ring (bicyclic) bond motifs is 1. The Morgan fingerprint density at radius 2 is 2.00 bits per heavy atom. The fourth-order valence-electron chi connectivity index (χ4n) is 2.72. The molecular weight excluding hydrogens is 286 g/mol. The van der Waals surface area contributed by atoms with Crippen LogP contribution in [0, 0.1) is 0 Å². The van der Waals surface area contributed by atoms with Crippen molar-refractivity contribution < 1.29 is 0 Å². The highest BCUT2D eigenvalue weighted by Gasteiger charge is 2.14. The molecule has 5 heteroatoms. The molecule has 2 aromatic heterocycles. The molecule has 3 heterocycles. The van der Waals surface area contributed by atoms with Gasteiger partial charge in [-0.05, 0) is 35.9 Å². The van der Waals surface area contributed by atoms with E-state index in [4.69, 9.17) is 5.10 Å². The molecule has 2 N–H and O–H groups in total. The van der Waals surface area contributed by atoms with Crippen molar-refractivity contribution in [3.05, 3.63) is 78.5 Å². The van der Waals surface area contributed by atoms with Gasteiger partial charge in [-0.15, -0.1) is 0 Å². The van der Waals surface area contributed by atoms with Crippen LogP contribution in [0.1, 0.15) is 12.0 Å². The quantitative estimate of drug-likeness (QED) is 0.777. The van der Waals surface area contributed by atoms with Gasteiger partial charge in [0.05, 0.1) is 12.1 Å². The summed E-state index contributed by atoms with van der Waals surface area (Å²) >= 11 is 0. The second-order valence-corrected chi connectivity index (χ2v) is 5.55. The molecule has 0 aliphatic carbocycles. The summed E-state index contributed by atoms with van der Waals surface area (Å²) in [7, 11) is 0. The van der Waals surface area contributed by atoms with Crippen LogP contribution >= 0.6 is 0 Å². The zero-order valence-electron chi connectivity index (χ0n) is 12.7. The van der Waals surface area contributed by atoms with E-state index in [1.807, 2.05) is 35.0 Å². The van der Waals surface area contributed by atoms with Crippen molar-refractivity contribution in [1.82, 2.24) is 20.1 Å². The van der Waals surface area contributed by atoms with Crippen LogP contribution in [-0.4, -0.2) is 14.8 Å². The summed E-state index contributed by atoms with van der Waals surface area (Å²) in [6.07, 6.45) is 6.55. The molecule has 3 aromatic rings. The predicted molar refractivity (Wildman–Crippen MR) is 91.7 cm³/mol. The molecule has 0 bridgehead atoms. The van der Waals surface area contributed by atoms with Crippen LogP contribution in [0.2, 0.25) is 0 Å². The van der Waals surface area contributed by atoms with Gasteiger partial charge in [0.15, 0.2) is 0 Å². The molecule has 1 aliphatic rings. The van der Waals surface area contributed by atoms with E-state index in [2.05, 4.69) is 34.3 Å². The second-order valence-electron chi connectivity index (χ2n) is 5.55. The SMILES string of the molecule is C=C1CC=C(Nc2c3ccccc3nn2Cc2ccncc2)N1. The first-order valence-corrected chi connectivity index (χ1v) is 7.56. The Balaban J connectivity index is 1.74. The van der Waals surface area contributed by atoms with E-state index in [0.717, 1.165) is 40.2 Å². The van der Waals surface area contributed by atoms with Crippen molar-refractivity contribution in [1.29, 1.82) is 0 Å². The smallest absolute Gasteiger partial charge is 0.138 e. The summed E-state index contributed by atoms with van der Waals surface area (Å²) in [5, 5.41) is 12.5. The third-order valence-electron chi connectivity index (χ3n) is 3.84. The van der Waals surface area contributed by atoms with Crippen LogP contribution in [0.4, 0.5) is 5.82 Å². The van der Waals surface area contributed by atoms with Gasteiger partial charge in [-0.1, -0.05) is 18.7 Å². The molecule has 0 radical (unpaired) electrons. The minimum atomic E-state index is 0.688. The van der Waals surface area contributed by atoms with Gasteiger partial charge >= 0.3 is 0 Å². The minimum absolute atomic E-state index is 0.688. The molecule has 0 spiro atoms. The minimum Gasteiger partial charge on any atom is -0.346 e. The maximum atomic E-state index is 4.73. The highest BCUT2D eigenvalue weighted by atomic mass is 15.3. The molecule has 0 fully saturated rings. The summed E-state index contributed by atoms with van der Waals surface area (Å²) < 4.78 is 1.99. The first kappa shape index (κ1) is 13.6. The highest BCUT2D eigenvalue weighted by Crippen LogP contribution is 2.26. The van der Waals surface area contributed by atoms with E-state index in [1.54, 1.807) is 12.4 Å². The van der Waals surface area contributed by atoms with Gasteiger partial charge in [0.1, 0.15) is 11.6 Å². The number of pyridine rings is 1. The Kier molecular flexibility index (Phi) is 3.31. The molecule has 5 nitrogen and oxygen atoms in total. The van der Waals surface area contributed by atoms with E-state index in [0.29, 0.717) is 6.54 Å². The predicted octanol–water partition coefficient (Wildman–Crippen LogP) is 3.24. The van der Waals surface area contributed by atoms with Crippen LogP contribution in [0.15, 0.2) is 73.0 Å². The Bertz CT molecular complexity index is 892. The van der Waals surface area contributed by atoms with Crippen molar-refractivity contribution >= 4 is 16.7 Å². The third-order valence-corrected chi connectivity index (χ3v) is 3.84. The number of hydrogen-bond acceptors (Lipinski definition) is 4. The van der Waals surface area contributed by atoms with Gasteiger partial charge in [-0.2, -0.15) is 5.10 Å². The van der Waals surface area contributed by atoms with Crippen LogP contribution in [0.5, 0.6) is 0 Å². The second kappa shape index (κ2) is 5.61. The Labute approximate surface area is 134 Å². The Morgan fingerprint density at radius 1 is 1.17 bits per heavy atom. The van der Waals surface area contributed by atoms with E-state index in [-0.39, 0.29) is 0 Å². The Hall–Kier alpha value is -3.08. The fraction of sp³-hybridized carbons (Fsp3) is 0.111. The first-order chi connectivity index (χ1) is 11.3. The zero-order valence-corrected chi connectivity index (χ0v) is 12.7. The largest absolute Gasteiger partial charge is 0.346 e. The van der Waals surface area contributed by atoms with Crippen molar-refractivity contribution in [2.75, 3.05) is 5.32 Å². The van der Waals surface area contributed by atoms with Crippen LogP contribution in [0.25, 0.3) is 10.9 Å². The van der Waals surface area contributed by atoms with Gasteiger partial charge < -0.3 is 10.6 Å².